The molecule has 1 saturated carbocycles. The number of aromatic nitrogens is 7. The van der Waals surface area contributed by atoms with Crippen LogP contribution in [0.3, 0.4) is 0 Å². The number of anilines is 5. The van der Waals surface area contributed by atoms with Crippen molar-refractivity contribution >= 4 is 41.5 Å². The molecule has 1 aliphatic carbocycles. The minimum absolute atomic E-state index is 0.0313. The Morgan fingerprint density at radius 3 is 2.79 bits per heavy atom. The Labute approximate surface area is 241 Å². The monoisotopic (exact) mass is 580 g/mol. The third-order valence-electron chi connectivity index (χ3n) is 7.38. The van der Waals surface area contributed by atoms with Crippen molar-refractivity contribution in [1.82, 2.24) is 40.4 Å². The molecule has 16 heteroatoms. The highest BCUT2D eigenvalue weighted by molar-refractivity contribution is 5.96. The largest absolute Gasteiger partial charge is 0.450 e. The maximum absolute atomic E-state index is 14.8. The smallest absolute Gasteiger partial charge is 0.407 e. The first-order chi connectivity index (χ1) is 20.4. The second kappa shape index (κ2) is 12.1. The number of nitrogens with zero attached hydrogens (tertiary/aromatic N) is 8. The molecule has 0 unspecified atom stereocenters. The molecule has 3 aromatic heterocycles. The van der Waals surface area contributed by atoms with Gasteiger partial charge in [-0.05, 0) is 32.6 Å². The molecular formula is C26H33FN12O3. The van der Waals surface area contributed by atoms with E-state index in [9.17, 15) is 14.0 Å². The Morgan fingerprint density at radius 2 is 2.00 bits per heavy atom. The molecule has 3 aliphatic rings. The summed E-state index contributed by atoms with van der Waals surface area (Å²) in [6, 6.07) is 0.875. The summed E-state index contributed by atoms with van der Waals surface area (Å²) < 4.78 is 19.9. The number of hydrogen-bond acceptors (Lipinski definition) is 12. The molecule has 3 aromatic rings. The number of amides is 2. The standard InChI is InChI=1S/C26H33FN12O3/c1-2-42-26(41)30-17-4-3-9-38(14-17)24-33-23(32-20-11-18(36-37-20)15-5-6-15)34-25(35-24)39-13-16(27)10-19(39)22(40)31-21-12-28-7-8-29-21/h7-8,11-12,15-17,19H,2-6,9-10,13-14H2,1H3,(H,30,41)(H,29,31,40)(H2,32,33,34,35,36,37)/t16-,17+,19+/m1/s1. The molecule has 2 saturated heterocycles. The number of carbonyl (C=O) groups excluding carboxylic acids is 2. The molecule has 6 rings (SSSR count). The van der Waals surface area contributed by atoms with Crippen LogP contribution in [0.4, 0.5) is 38.7 Å². The van der Waals surface area contributed by atoms with Gasteiger partial charge in [-0.15, -0.1) is 0 Å². The van der Waals surface area contributed by atoms with Crippen molar-refractivity contribution < 1.29 is 18.7 Å². The number of alkyl halides is 1. The van der Waals surface area contributed by atoms with Crippen LogP contribution in [-0.2, 0) is 9.53 Å². The van der Waals surface area contributed by atoms with Crippen molar-refractivity contribution in [3.63, 3.8) is 0 Å². The van der Waals surface area contributed by atoms with Crippen LogP contribution >= 0.6 is 0 Å². The van der Waals surface area contributed by atoms with Crippen LogP contribution in [0.25, 0.3) is 0 Å². The zero-order valence-electron chi connectivity index (χ0n) is 23.2. The minimum atomic E-state index is -1.26. The van der Waals surface area contributed by atoms with E-state index >= 15 is 0 Å². The Morgan fingerprint density at radius 1 is 1.14 bits per heavy atom. The summed E-state index contributed by atoms with van der Waals surface area (Å²) in [7, 11) is 0. The second-order valence-corrected chi connectivity index (χ2v) is 10.6. The van der Waals surface area contributed by atoms with Gasteiger partial charge in [-0.25, -0.2) is 14.2 Å². The lowest BCUT2D eigenvalue weighted by Crippen LogP contribution is -2.48. The van der Waals surface area contributed by atoms with Crippen molar-refractivity contribution in [2.24, 2.45) is 0 Å². The average Bonchev–Trinajstić information content (AvgIpc) is 3.60. The molecule has 2 aliphatic heterocycles. The van der Waals surface area contributed by atoms with Crippen molar-refractivity contribution in [3.8, 4) is 0 Å². The zero-order valence-corrected chi connectivity index (χ0v) is 23.2. The minimum Gasteiger partial charge on any atom is -0.450 e. The predicted molar refractivity (Wildman–Crippen MR) is 150 cm³/mol. The van der Waals surface area contributed by atoms with E-state index in [4.69, 9.17) is 9.72 Å². The van der Waals surface area contributed by atoms with Crippen molar-refractivity contribution in [3.05, 3.63) is 30.4 Å². The number of hydrogen-bond donors (Lipinski definition) is 4. The van der Waals surface area contributed by atoms with E-state index < -0.39 is 24.2 Å². The Kier molecular flexibility index (Phi) is 7.92. The van der Waals surface area contributed by atoms with Crippen LogP contribution in [0.1, 0.15) is 50.6 Å². The molecule has 0 radical (unpaired) electrons. The number of carbonyl (C=O) groups is 2. The topological polar surface area (TPSA) is 179 Å². The molecule has 42 heavy (non-hydrogen) atoms. The van der Waals surface area contributed by atoms with Crippen molar-refractivity contribution in [2.75, 3.05) is 46.7 Å². The maximum Gasteiger partial charge on any atom is 0.407 e. The first kappa shape index (κ1) is 27.5. The fourth-order valence-electron chi connectivity index (χ4n) is 5.23. The maximum atomic E-state index is 14.8. The van der Waals surface area contributed by atoms with Crippen LogP contribution in [0, 0.1) is 0 Å². The highest BCUT2D eigenvalue weighted by Gasteiger charge is 2.39. The lowest BCUT2D eigenvalue weighted by molar-refractivity contribution is -0.117. The normalized spacial score (nSPS) is 22.1. The summed E-state index contributed by atoms with van der Waals surface area (Å²) in [4.78, 5) is 50.8. The molecule has 0 bridgehead atoms. The van der Waals surface area contributed by atoms with Gasteiger partial charge in [0.1, 0.15) is 18.0 Å². The molecule has 15 nitrogen and oxygen atoms in total. The molecule has 3 atom stereocenters. The van der Waals surface area contributed by atoms with E-state index in [-0.39, 0.29) is 43.3 Å². The van der Waals surface area contributed by atoms with E-state index in [1.807, 2.05) is 11.0 Å². The lowest BCUT2D eigenvalue weighted by Gasteiger charge is -2.33. The van der Waals surface area contributed by atoms with Gasteiger partial charge in [0.05, 0.1) is 25.0 Å². The van der Waals surface area contributed by atoms with Crippen LogP contribution < -0.4 is 25.8 Å². The van der Waals surface area contributed by atoms with E-state index in [1.54, 1.807) is 11.8 Å². The summed E-state index contributed by atoms with van der Waals surface area (Å²) in [5.41, 5.74) is 0.969. The fourth-order valence-corrected chi connectivity index (χ4v) is 5.23. The molecule has 4 N–H and O–H groups in total. The number of nitrogens with one attached hydrogen (secondary N) is 4. The van der Waals surface area contributed by atoms with E-state index in [0.717, 1.165) is 31.4 Å². The number of alkyl carbamates (subject to hydrolysis) is 1. The highest BCUT2D eigenvalue weighted by atomic mass is 19.1. The summed E-state index contributed by atoms with van der Waals surface area (Å²) in [6.07, 6.45) is 6.39. The van der Waals surface area contributed by atoms with Gasteiger partial charge in [-0.1, -0.05) is 0 Å². The Hall–Kier alpha value is -4.63. The molecule has 2 amide bonds. The SMILES string of the molecule is CCOC(=O)N[C@H]1CCCN(c2nc(Nc3cc(C4CC4)n[nH]3)nc(N3C[C@H](F)C[C@H]3C(=O)Nc3cnccn3)n2)C1. The molecular weight excluding hydrogens is 547 g/mol. The number of piperidine rings is 1. The number of rotatable bonds is 9. The third kappa shape index (κ3) is 6.47. The van der Waals surface area contributed by atoms with Gasteiger partial charge in [0.25, 0.3) is 0 Å². The van der Waals surface area contributed by atoms with Crippen LogP contribution in [0.15, 0.2) is 24.7 Å². The van der Waals surface area contributed by atoms with Gasteiger partial charge < -0.3 is 30.5 Å². The third-order valence-corrected chi connectivity index (χ3v) is 7.38. The van der Waals surface area contributed by atoms with Gasteiger partial charge in [0.2, 0.25) is 23.8 Å². The Balaban J connectivity index is 1.28. The van der Waals surface area contributed by atoms with Crippen molar-refractivity contribution in [1.29, 1.82) is 0 Å². The molecule has 0 aromatic carbocycles. The number of aromatic amines is 1. The van der Waals surface area contributed by atoms with Crippen LogP contribution in [0.2, 0.25) is 0 Å². The first-order valence-electron chi connectivity index (χ1n) is 14.2. The molecule has 0 spiro atoms. The average molecular weight is 581 g/mol. The summed E-state index contributed by atoms with van der Waals surface area (Å²) in [6.45, 7) is 3.05. The predicted octanol–water partition coefficient (Wildman–Crippen LogP) is 2.28. The van der Waals surface area contributed by atoms with Gasteiger partial charge in [0, 0.05) is 49.9 Å². The molecule has 3 fully saturated rings. The van der Waals surface area contributed by atoms with Gasteiger partial charge in [-0.3, -0.25) is 14.9 Å². The van der Waals surface area contributed by atoms with E-state index in [2.05, 4.69) is 46.1 Å². The highest BCUT2D eigenvalue weighted by Crippen LogP contribution is 2.39. The van der Waals surface area contributed by atoms with Gasteiger partial charge >= 0.3 is 6.09 Å². The molecule has 222 valence electrons. The van der Waals surface area contributed by atoms with Gasteiger partial charge in [-0.2, -0.15) is 20.1 Å². The number of H-pyrrole nitrogens is 1. The Bertz CT molecular complexity index is 1400. The second-order valence-electron chi connectivity index (χ2n) is 10.6. The zero-order chi connectivity index (χ0) is 29.1. The first-order valence-corrected chi connectivity index (χ1v) is 14.2. The van der Waals surface area contributed by atoms with E-state index in [1.165, 1.54) is 18.6 Å². The molecule has 5 heterocycles. The van der Waals surface area contributed by atoms with Crippen LogP contribution in [-0.4, -0.2) is 91.6 Å². The summed E-state index contributed by atoms with van der Waals surface area (Å²) in [5.74, 6) is 1.62. The number of ether oxygens (including phenoxy) is 1. The van der Waals surface area contributed by atoms with E-state index in [0.29, 0.717) is 30.8 Å². The van der Waals surface area contributed by atoms with Crippen LogP contribution in [0.5, 0.6) is 0 Å². The van der Waals surface area contributed by atoms with Crippen molar-refractivity contribution in [2.45, 2.75) is 63.2 Å². The lowest BCUT2D eigenvalue weighted by atomic mass is 10.1. The van der Waals surface area contributed by atoms with Gasteiger partial charge in [0.15, 0.2) is 5.82 Å². The summed E-state index contributed by atoms with van der Waals surface area (Å²) in [5, 5.41) is 16.1. The quantitative estimate of drug-likeness (QED) is 0.291. The summed E-state index contributed by atoms with van der Waals surface area (Å²) >= 11 is 0. The fraction of sp³-hybridized carbons (Fsp3) is 0.538. The number of halogens is 1.